The Morgan fingerprint density at radius 2 is 1.86 bits per heavy atom. The van der Waals surface area contributed by atoms with E-state index < -0.39 is 10.0 Å². The topological polar surface area (TPSA) is 59.1 Å². The molecule has 0 amide bonds. The lowest BCUT2D eigenvalue weighted by molar-refractivity contribution is 0.609. The third-order valence-corrected chi connectivity index (χ3v) is 4.25. The average Bonchev–Trinajstić information content (AvgIpc) is 2.42. The molecule has 0 atom stereocenters. The molecule has 110 valence electrons. The number of aromatic nitrogens is 1. The normalized spacial score (nSPS) is 11.8. The van der Waals surface area contributed by atoms with Gasteiger partial charge in [0.05, 0.1) is 17.3 Å². The van der Waals surface area contributed by atoms with E-state index in [2.05, 4.69) is 9.71 Å². The Kier molecular flexibility index (Phi) is 4.88. The van der Waals surface area contributed by atoms with Gasteiger partial charge in [-0.2, -0.15) is 0 Å². The summed E-state index contributed by atoms with van der Waals surface area (Å²) in [6.07, 6.45) is 2.85. The minimum atomic E-state index is -3.62. The Bertz CT molecular complexity index is 772. The van der Waals surface area contributed by atoms with E-state index in [4.69, 9.17) is 23.2 Å². The maximum Gasteiger partial charge on any atom is 0.255 e. The fourth-order valence-corrected chi connectivity index (χ4v) is 2.63. The summed E-state index contributed by atoms with van der Waals surface area (Å²) in [6.45, 7) is 1.75. The van der Waals surface area contributed by atoms with Crippen molar-refractivity contribution >= 4 is 45.0 Å². The Hall–Kier alpha value is -1.56. The maximum absolute atomic E-state index is 12.0. The van der Waals surface area contributed by atoms with Gasteiger partial charge in [0, 0.05) is 5.02 Å². The van der Waals surface area contributed by atoms with E-state index in [0.717, 1.165) is 11.0 Å². The summed E-state index contributed by atoms with van der Waals surface area (Å²) in [6, 6.07) is 8.44. The molecular weight excluding hydrogens is 331 g/mol. The van der Waals surface area contributed by atoms with Gasteiger partial charge < -0.3 is 0 Å². The van der Waals surface area contributed by atoms with Crippen LogP contribution >= 0.6 is 23.2 Å². The lowest BCUT2D eigenvalue weighted by Gasteiger charge is -2.05. The van der Waals surface area contributed by atoms with Gasteiger partial charge in [0.2, 0.25) is 0 Å². The van der Waals surface area contributed by atoms with E-state index in [0.29, 0.717) is 21.4 Å². The third kappa shape index (κ3) is 4.74. The maximum atomic E-state index is 12.0. The van der Waals surface area contributed by atoms with Crippen LogP contribution in [-0.2, 0) is 10.0 Å². The third-order valence-electron chi connectivity index (χ3n) is 2.58. The highest BCUT2D eigenvalue weighted by Crippen LogP contribution is 2.18. The van der Waals surface area contributed by atoms with Crippen LogP contribution in [0.2, 0.25) is 10.2 Å². The number of hydrogen-bond acceptors (Lipinski definition) is 3. The molecule has 7 heteroatoms. The van der Waals surface area contributed by atoms with E-state index in [9.17, 15) is 8.42 Å². The number of nitrogens with zero attached hydrogens (tertiary/aromatic N) is 1. The molecule has 0 bridgehead atoms. The molecule has 0 saturated heterocycles. The largest absolute Gasteiger partial charge is 0.279 e. The minimum absolute atomic E-state index is 0.342. The highest BCUT2D eigenvalue weighted by Gasteiger charge is 2.07. The summed E-state index contributed by atoms with van der Waals surface area (Å²) in [4.78, 5) is 3.89. The second kappa shape index (κ2) is 6.47. The molecule has 0 spiro atoms. The standard InChI is InChI=1S/C14H12Cl2N2O2S/c1-10-8-13(9-17-14(10)16)18-21(19,20)7-6-11-2-4-12(15)5-3-11/h2-9,18H,1H3/b7-6+. The number of sulfonamides is 1. The number of aryl methyl sites for hydroxylation is 1. The molecule has 0 unspecified atom stereocenters. The van der Waals surface area contributed by atoms with Crippen molar-refractivity contribution < 1.29 is 8.42 Å². The molecule has 0 aliphatic rings. The van der Waals surface area contributed by atoms with E-state index in [1.165, 1.54) is 12.3 Å². The lowest BCUT2D eigenvalue weighted by Crippen LogP contribution is -2.09. The first-order chi connectivity index (χ1) is 9.85. The second-order valence-corrected chi connectivity index (χ2v) is 6.69. The number of pyridine rings is 1. The smallest absolute Gasteiger partial charge is 0.255 e. The molecule has 1 aromatic carbocycles. The Labute approximate surface area is 133 Å². The van der Waals surface area contributed by atoms with E-state index in [-0.39, 0.29) is 0 Å². The molecule has 0 fully saturated rings. The number of hydrogen-bond donors (Lipinski definition) is 1. The Morgan fingerprint density at radius 3 is 2.48 bits per heavy atom. The molecule has 2 aromatic rings. The zero-order valence-corrected chi connectivity index (χ0v) is 13.4. The van der Waals surface area contributed by atoms with Crippen LogP contribution in [0.1, 0.15) is 11.1 Å². The van der Waals surface area contributed by atoms with Crippen LogP contribution in [0, 0.1) is 6.92 Å². The highest BCUT2D eigenvalue weighted by molar-refractivity contribution is 7.95. The Balaban J connectivity index is 2.14. The van der Waals surface area contributed by atoms with Gasteiger partial charge in [0.25, 0.3) is 10.0 Å². The zero-order chi connectivity index (χ0) is 15.5. The average molecular weight is 343 g/mol. The molecule has 1 aromatic heterocycles. The quantitative estimate of drug-likeness (QED) is 0.850. The van der Waals surface area contributed by atoms with Gasteiger partial charge in [-0.1, -0.05) is 35.3 Å². The van der Waals surface area contributed by atoms with Crippen molar-refractivity contribution in [3.8, 4) is 0 Å². The SMILES string of the molecule is Cc1cc(NS(=O)(=O)/C=C/c2ccc(Cl)cc2)cnc1Cl. The molecule has 4 nitrogen and oxygen atoms in total. The lowest BCUT2D eigenvalue weighted by atomic mass is 10.2. The summed E-state index contributed by atoms with van der Waals surface area (Å²) < 4.78 is 26.3. The zero-order valence-electron chi connectivity index (χ0n) is 11.0. The molecule has 21 heavy (non-hydrogen) atoms. The van der Waals surface area contributed by atoms with E-state index in [1.54, 1.807) is 37.3 Å². The van der Waals surface area contributed by atoms with E-state index >= 15 is 0 Å². The van der Waals surface area contributed by atoms with E-state index in [1.807, 2.05) is 0 Å². The van der Waals surface area contributed by atoms with Gasteiger partial charge in [-0.15, -0.1) is 0 Å². The predicted octanol–water partition coefficient (Wildman–Crippen LogP) is 4.11. The first-order valence-corrected chi connectivity index (χ1v) is 8.24. The van der Waals surface area contributed by atoms with Crippen molar-refractivity contribution in [2.45, 2.75) is 6.92 Å². The predicted molar refractivity (Wildman–Crippen MR) is 87.0 cm³/mol. The highest BCUT2D eigenvalue weighted by atomic mass is 35.5. The molecule has 0 radical (unpaired) electrons. The molecule has 0 aliphatic carbocycles. The summed E-state index contributed by atoms with van der Waals surface area (Å²) in [7, 11) is -3.62. The molecule has 2 rings (SSSR count). The van der Waals surface area contributed by atoms with Gasteiger partial charge >= 0.3 is 0 Å². The van der Waals surface area contributed by atoms with Crippen molar-refractivity contribution in [2.75, 3.05) is 4.72 Å². The molecule has 0 aliphatic heterocycles. The van der Waals surface area contributed by atoms with Crippen LogP contribution in [0.5, 0.6) is 0 Å². The first-order valence-electron chi connectivity index (χ1n) is 5.94. The van der Waals surface area contributed by atoms with Crippen molar-refractivity contribution in [1.29, 1.82) is 0 Å². The number of anilines is 1. The number of halogens is 2. The fourth-order valence-electron chi connectivity index (χ4n) is 1.55. The van der Waals surface area contributed by atoms with Gasteiger partial charge in [0.15, 0.2) is 0 Å². The van der Waals surface area contributed by atoms with Crippen molar-refractivity contribution in [3.63, 3.8) is 0 Å². The van der Waals surface area contributed by atoms with Crippen molar-refractivity contribution in [1.82, 2.24) is 4.98 Å². The van der Waals surface area contributed by atoms with Crippen molar-refractivity contribution in [3.05, 3.63) is 63.2 Å². The number of benzene rings is 1. The second-order valence-electron chi connectivity index (χ2n) is 4.33. The van der Waals surface area contributed by atoms with Crippen LogP contribution in [0.3, 0.4) is 0 Å². The first kappa shape index (κ1) is 15.8. The summed E-state index contributed by atoms with van der Waals surface area (Å²) >= 11 is 11.6. The minimum Gasteiger partial charge on any atom is -0.279 e. The van der Waals surface area contributed by atoms with Crippen molar-refractivity contribution in [2.24, 2.45) is 0 Å². The molecule has 1 N–H and O–H groups in total. The monoisotopic (exact) mass is 342 g/mol. The van der Waals surface area contributed by atoms with Crippen LogP contribution in [0.25, 0.3) is 6.08 Å². The van der Waals surface area contributed by atoms with Gasteiger partial charge in [-0.05, 0) is 42.3 Å². The Morgan fingerprint density at radius 1 is 1.19 bits per heavy atom. The molecule has 0 saturated carbocycles. The summed E-state index contributed by atoms with van der Waals surface area (Å²) in [5.41, 5.74) is 1.78. The summed E-state index contributed by atoms with van der Waals surface area (Å²) in [5.74, 6) is 0. The fraction of sp³-hybridized carbons (Fsp3) is 0.0714. The number of rotatable bonds is 4. The number of nitrogens with one attached hydrogen (secondary N) is 1. The van der Waals surface area contributed by atoms with Gasteiger partial charge in [-0.25, -0.2) is 13.4 Å². The summed E-state index contributed by atoms with van der Waals surface area (Å²) in [5, 5.41) is 2.02. The molecular formula is C14H12Cl2N2O2S. The molecule has 1 heterocycles. The van der Waals surface area contributed by atoms with Gasteiger partial charge in [-0.3, -0.25) is 4.72 Å². The van der Waals surface area contributed by atoms with Crippen LogP contribution in [0.15, 0.2) is 41.9 Å². The van der Waals surface area contributed by atoms with Crippen LogP contribution in [-0.4, -0.2) is 13.4 Å². The van der Waals surface area contributed by atoms with Crippen LogP contribution < -0.4 is 4.72 Å². The van der Waals surface area contributed by atoms with Gasteiger partial charge in [0.1, 0.15) is 5.15 Å². The van der Waals surface area contributed by atoms with Crippen LogP contribution in [0.4, 0.5) is 5.69 Å².